The van der Waals surface area contributed by atoms with Crippen molar-refractivity contribution in [1.29, 1.82) is 0 Å². The van der Waals surface area contributed by atoms with Gasteiger partial charge < -0.3 is 0 Å². The van der Waals surface area contributed by atoms with Crippen molar-refractivity contribution in [2.45, 2.75) is 13.8 Å². The van der Waals surface area contributed by atoms with Gasteiger partial charge >= 0.3 is 0 Å². The lowest BCUT2D eigenvalue weighted by atomic mass is 10.0. The molecule has 0 saturated heterocycles. The van der Waals surface area contributed by atoms with Gasteiger partial charge in [0, 0.05) is 28.1 Å². The van der Waals surface area contributed by atoms with E-state index >= 15 is 0 Å². The van der Waals surface area contributed by atoms with E-state index in [1.165, 1.54) is 0 Å². The third-order valence-corrected chi connectivity index (χ3v) is 4.86. The van der Waals surface area contributed by atoms with Gasteiger partial charge in [0.05, 0.1) is 16.9 Å². The van der Waals surface area contributed by atoms with Crippen LogP contribution in [0.5, 0.6) is 0 Å². The molecular weight excluding hydrogens is 334 g/mol. The van der Waals surface area contributed by atoms with Crippen molar-refractivity contribution in [3.63, 3.8) is 0 Å². The Labute approximate surface area is 150 Å². The van der Waals surface area contributed by atoms with Gasteiger partial charge in [0.1, 0.15) is 0 Å². The Morgan fingerprint density at radius 3 is 2.76 bits per heavy atom. The van der Waals surface area contributed by atoms with E-state index in [0.29, 0.717) is 10.6 Å². The molecule has 0 atom stereocenters. The lowest BCUT2D eigenvalue weighted by molar-refractivity contribution is 0.829. The van der Waals surface area contributed by atoms with Gasteiger partial charge in [0.15, 0.2) is 0 Å². The van der Waals surface area contributed by atoms with Gasteiger partial charge in [-0.15, -0.1) is 0 Å². The van der Waals surface area contributed by atoms with Crippen LogP contribution in [0.4, 0.5) is 5.69 Å². The van der Waals surface area contributed by atoms with E-state index in [9.17, 15) is 4.79 Å². The number of fused-ring (bicyclic) bond motifs is 1. The number of nitrogens with zero attached hydrogens (tertiary/aromatic N) is 2. The van der Waals surface area contributed by atoms with Crippen molar-refractivity contribution in [3.05, 3.63) is 80.2 Å². The smallest absolute Gasteiger partial charge is 0.278 e. The molecule has 3 aromatic rings. The molecule has 124 valence electrons. The number of aryl methyl sites for hydroxylation is 1. The average molecular weight is 350 g/mol. The number of para-hydroxylation sites is 1. The number of H-pyrrole nitrogens is 1. The molecule has 0 spiro atoms. The van der Waals surface area contributed by atoms with Crippen molar-refractivity contribution in [1.82, 2.24) is 9.78 Å². The minimum Gasteiger partial charge on any atom is -0.295 e. The van der Waals surface area contributed by atoms with Crippen LogP contribution in [0.15, 0.2) is 52.3 Å². The molecule has 2 aromatic carbocycles. The zero-order chi connectivity index (χ0) is 17.6. The molecule has 0 unspecified atom stereocenters. The lowest BCUT2D eigenvalue weighted by Gasteiger charge is -2.07. The quantitative estimate of drug-likeness (QED) is 0.716. The molecule has 1 aliphatic rings. The van der Waals surface area contributed by atoms with Gasteiger partial charge in [-0.25, -0.2) is 4.68 Å². The number of hydrogen-bond donors (Lipinski definition) is 1. The van der Waals surface area contributed by atoms with E-state index in [-0.39, 0.29) is 5.56 Å². The van der Waals surface area contributed by atoms with Crippen LogP contribution in [0.2, 0.25) is 5.02 Å². The maximum Gasteiger partial charge on any atom is 0.278 e. The second-order valence-electron chi connectivity index (χ2n) is 6.05. The number of aromatic nitrogens is 2. The summed E-state index contributed by atoms with van der Waals surface area (Å²) in [6.07, 6.45) is 3.69. The highest BCUT2D eigenvalue weighted by Gasteiger charge is 2.16. The van der Waals surface area contributed by atoms with Crippen molar-refractivity contribution < 1.29 is 0 Å². The first-order chi connectivity index (χ1) is 12.1. The second kappa shape index (κ2) is 5.90. The predicted molar refractivity (Wildman–Crippen MR) is 103 cm³/mol. The Bertz CT molecular complexity index is 1100. The van der Waals surface area contributed by atoms with E-state index in [0.717, 1.165) is 33.8 Å². The van der Waals surface area contributed by atoms with Crippen molar-refractivity contribution in [2.75, 3.05) is 0 Å². The number of nitrogens with one attached hydrogen (secondary N) is 1. The first kappa shape index (κ1) is 15.7. The summed E-state index contributed by atoms with van der Waals surface area (Å²) >= 11 is 6.20. The molecule has 0 amide bonds. The van der Waals surface area contributed by atoms with Crippen LogP contribution < -0.4 is 5.56 Å². The number of hydrogen-bond acceptors (Lipinski definition) is 2. The molecule has 0 saturated carbocycles. The SMILES string of the molecule is Cc1[nH]n(-c2cccc(Cl)c2C)c(=O)c1/C=C1/C=Nc2ccccc21. The summed E-state index contributed by atoms with van der Waals surface area (Å²) in [7, 11) is 0. The Morgan fingerprint density at radius 1 is 1.12 bits per heavy atom. The number of aliphatic imine (C=N–C) groups is 1. The van der Waals surface area contributed by atoms with Crippen molar-refractivity contribution in [2.24, 2.45) is 4.99 Å². The molecule has 0 fully saturated rings. The number of benzene rings is 2. The molecule has 1 aliphatic heterocycles. The van der Waals surface area contributed by atoms with Crippen LogP contribution in [0.1, 0.15) is 22.4 Å². The van der Waals surface area contributed by atoms with Crippen LogP contribution in [0, 0.1) is 13.8 Å². The van der Waals surface area contributed by atoms with Gasteiger partial charge in [-0.1, -0.05) is 35.9 Å². The highest BCUT2D eigenvalue weighted by atomic mass is 35.5. The summed E-state index contributed by atoms with van der Waals surface area (Å²) in [5.74, 6) is 0. The predicted octanol–water partition coefficient (Wildman–Crippen LogP) is 4.69. The molecule has 5 heteroatoms. The Morgan fingerprint density at radius 2 is 1.92 bits per heavy atom. The Kier molecular flexibility index (Phi) is 3.70. The number of halogens is 1. The normalized spacial score (nSPS) is 14.3. The molecule has 25 heavy (non-hydrogen) atoms. The molecular formula is C20H16ClN3O. The van der Waals surface area contributed by atoms with E-state index < -0.39 is 0 Å². The van der Waals surface area contributed by atoms with Crippen LogP contribution in [-0.4, -0.2) is 16.0 Å². The van der Waals surface area contributed by atoms with Gasteiger partial charge in [-0.2, -0.15) is 0 Å². The molecule has 4 rings (SSSR count). The minimum absolute atomic E-state index is 0.104. The fourth-order valence-corrected chi connectivity index (χ4v) is 3.22. The van der Waals surface area contributed by atoms with Gasteiger partial charge in [-0.3, -0.25) is 14.9 Å². The Hall–Kier alpha value is -2.85. The van der Waals surface area contributed by atoms with Crippen LogP contribution in [0.25, 0.3) is 17.3 Å². The highest BCUT2D eigenvalue weighted by molar-refractivity contribution is 6.31. The zero-order valence-electron chi connectivity index (χ0n) is 13.9. The van der Waals surface area contributed by atoms with E-state index in [4.69, 9.17) is 11.6 Å². The zero-order valence-corrected chi connectivity index (χ0v) is 14.6. The summed E-state index contributed by atoms with van der Waals surface area (Å²) in [6.45, 7) is 3.79. The van der Waals surface area contributed by atoms with Crippen LogP contribution in [0.3, 0.4) is 0 Å². The topological polar surface area (TPSA) is 50.1 Å². The standard InChI is InChI=1S/C20H16ClN3O/c1-12-17(21)7-5-9-19(12)24-20(25)16(13(2)23-24)10-14-11-22-18-8-4-3-6-15(14)18/h3-11,23H,1-2H3/b14-10-. The molecule has 0 radical (unpaired) electrons. The first-order valence-electron chi connectivity index (χ1n) is 7.98. The number of aromatic amines is 1. The van der Waals surface area contributed by atoms with Gasteiger partial charge in [-0.05, 0) is 43.7 Å². The van der Waals surface area contributed by atoms with Crippen LogP contribution in [-0.2, 0) is 0 Å². The van der Waals surface area contributed by atoms with Crippen molar-refractivity contribution >= 4 is 35.2 Å². The highest BCUT2D eigenvalue weighted by Crippen LogP contribution is 2.32. The fraction of sp³-hybridized carbons (Fsp3) is 0.100. The molecule has 1 N–H and O–H groups in total. The lowest BCUT2D eigenvalue weighted by Crippen LogP contribution is -2.17. The largest absolute Gasteiger partial charge is 0.295 e. The molecule has 0 aliphatic carbocycles. The molecule has 4 nitrogen and oxygen atoms in total. The number of rotatable bonds is 2. The third-order valence-electron chi connectivity index (χ3n) is 4.45. The summed E-state index contributed by atoms with van der Waals surface area (Å²) < 4.78 is 1.54. The summed E-state index contributed by atoms with van der Waals surface area (Å²) in [6, 6.07) is 13.4. The van der Waals surface area contributed by atoms with E-state index in [2.05, 4.69) is 10.1 Å². The van der Waals surface area contributed by atoms with Gasteiger partial charge in [0.2, 0.25) is 0 Å². The summed E-state index contributed by atoms with van der Waals surface area (Å²) in [5.41, 5.74) is 5.83. The average Bonchev–Trinajstić information content (AvgIpc) is 3.14. The maximum absolute atomic E-state index is 13.0. The molecule has 0 bridgehead atoms. The molecule has 1 aromatic heterocycles. The first-order valence-corrected chi connectivity index (χ1v) is 8.36. The van der Waals surface area contributed by atoms with E-state index in [1.54, 1.807) is 10.9 Å². The van der Waals surface area contributed by atoms with Crippen molar-refractivity contribution in [3.8, 4) is 5.69 Å². The summed E-state index contributed by atoms with van der Waals surface area (Å²) in [5, 5.41) is 3.78. The number of allylic oxidation sites excluding steroid dienone is 1. The monoisotopic (exact) mass is 349 g/mol. The maximum atomic E-state index is 13.0. The fourth-order valence-electron chi connectivity index (χ4n) is 3.05. The summed E-state index contributed by atoms with van der Waals surface area (Å²) in [4.78, 5) is 17.4. The minimum atomic E-state index is -0.104. The van der Waals surface area contributed by atoms with E-state index in [1.807, 2.05) is 62.4 Å². The second-order valence-corrected chi connectivity index (χ2v) is 6.46. The Balaban J connectivity index is 1.86. The third kappa shape index (κ3) is 2.55. The molecule has 2 heterocycles. The van der Waals surface area contributed by atoms with Gasteiger partial charge in [0.25, 0.3) is 5.56 Å². The van der Waals surface area contributed by atoms with Crippen LogP contribution >= 0.6 is 11.6 Å².